The molecule has 0 radical (unpaired) electrons. The summed E-state index contributed by atoms with van der Waals surface area (Å²) in [5, 5.41) is 14.4. The lowest BCUT2D eigenvalue weighted by Crippen LogP contribution is -2.04. The van der Waals surface area contributed by atoms with Gasteiger partial charge in [0.15, 0.2) is 0 Å². The number of hydrogen-bond acceptors (Lipinski definition) is 2. The second kappa shape index (κ2) is 4.47. The molecule has 1 unspecified atom stereocenters. The number of benzene rings is 1. The molecule has 0 aliphatic heterocycles. The second-order valence-corrected chi connectivity index (χ2v) is 4.31. The van der Waals surface area contributed by atoms with Gasteiger partial charge in [0.25, 0.3) is 0 Å². The summed E-state index contributed by atoms with van der Waals surface area (Å²) in [6, 6.07) is 4.22. The number of aromatic nitrogens is 2. The normalized spacial score (nSPS) is 12.8. The molecule has 0 saturated carbocycles. The van der Waals surface area contributed by atoms with Gasteiger partial charge in [-0.15, -0.1) is 0 Å². The van der Waals surface area contributed by atoms with E-state index < -0.39 is 11.9 Å². The van der Waals surface area contributed by atoms with Crippen LogP contribution in [0.1, 0.15) is 22.9 Å². The van der Waals surface area contributed by atoms with Crippen molar-refractivity contribution >= 4 is 11.6 Å². The molecule has 2 rings (SSSR count). The van der Waals surface area contributed by atoms with Crippen molar-refractivity contribution in [3.05, 3.63) is 52.1 Å². The van der Waals surface area contributed by atoms with Crippen molar-refractivity contribution in [3.8, 4) is 0 Å². The molecule has 0 bridgehead atoms. The maximum atomic E-state index is 13.7. The Morgan fingerprint density at radius 2 is 2.12 bits per heavy atom. The lowest BCUT2D eigenvalue weighted by Gasteiger charge is -2.11. The molecule has 17 heavy (non-hydrogen) atoms. The zero-order chi connectivity index (χ0) is 12.6. The number of hydrogen-bond donors (Lipinski definition) is 1. The van der Waals surface area contributed by atoms with E-state index in [1.807, 2.05) is 6.92 Å². The summed E-state index contributed by atoms with van der Waals surface area (Å²) < 4.78 is 15.3. The highest BCUT2D eigenvalue weighted by Crippen LogP contribution is 2.27. The van der Waals surface area contributed by atoms with Crippen molar-refractivity contribution in [3.63, 3.8) is 0 Å². The van der Waals surface area contributed by atoms with Crippen LogP contribution in [0.15, 0.2) is 24.4 Å². The quantitative estimate of drug-likeness (QED) is 0.895. The molecule has 3 nitrogen and oxygen atoms in total. The Hall–Kier alpha value is -1.39. The topological polar surface area (TPSA) is 38.1 Å². The molecule has 2 aromatic rings. The van der Waals surface area contributed by atoms with Crippen molar-refractivity contribution in [2.75, 3.05) is 0 Å². The molecule has 0 aliphatic carbocycles. The Balaban J connectivity index is 2.43. The van der Waals surface area contributed by atoms with Crippen LogP contribution < -0.4 is 0 Å². The molecule has 0 spiro atoms. The molecule has 90 valence electrons. The van der Waals surface area contributed by atoms with Crippen molar-refractivity contribution in [2.24, 2.45) is 7.05 Å². The van der Waals surface area contributed by atoms with E-state index in [9.17, 15) is 9.50 Å². The molecule has 0 aliphatic rings. The van der Waals surface area contributed by atoms with Crippen LogP contribution in [0.3, 0.4) is 0 Å². The molecule has 1 atom stereocenters. The van der Waals surface area contributed by atoms with E-state index >= 15 is 0 Å². The SMILES string of the molecule is Cc1c(C(O)c2ccc(Cl)cc2F)cnn1C. The predicted octanol–water partition coefficient (Wildman–Crippen LogP) is 2.60. The average Bonchev–Trinajstić information content (AvgIpc) is 2.59. The number of aryl methyl sites for hydroxylation is 1. The summed E-state index contributed by atoms with van der Waals surface area (Å²) in [5.74, 6) is -0.520. The Morgan fingerprint density at radius 1 is 1.41 bits per heavy atom. The Labute approximate surface area is 103 Å². The summed E-state index contributed by atoms with van der Waals surface area (Å²) in [6.07, 6.45) is 0.509. The first-order valence-electron chi connectivity index (χ1n) is 5.12. The van der Waals surface area contributed by atoms with E-state index in [0.29, 0.717) is 10.6 Å². The van der Waals surface area contributed by atoms with Gasteiger partial charge in [-0.3, -0.25) is 4.68 Å². The molecule has 0 amide bonds. The van der Waals surface area contributed by atoms with E-state index in [1.54, 1.807) is 17.8 Å². The number of nitrogens with zero attached hydrogens (tertiary/aromatic N) is 2. The van der Waals surface area contributed by atoms with Crippen LogP contribution in [0.25, 0.3) is 0 Å². The van der Waals surface area contributed by atoms with Crippen molar-refractivity contribution in [1.29, 1.82) is 0 Å². The van der Waals surface area contributed by atoms with Crippen LogP contribution in [0.4, 0.5) is 4.39 Å². The molecule has 1 aromatic heterocycles. The van der Waals surface area contributed by atoms with Gasteiger partial charge in [-0.2, -0.15) is 5.10 Å². The number of aliphatic hydroxyl groups excluding tert-OH is 1. The van der Waals surface area contributed by atoms with Gasteiger partial charge in [-0.25, -0.2) is 4.39 Å². The first kappa shape index (κ1) is 12.1. The fourth-order valence-electron chi connectivity index (χ4n) is 1.67. The summed E-state index contributed by atoms with van der Waals surface area (Å²) in [5.41, 5.74) is 1.59. The summed E-state index contributed by atoms with van der Waals surface area (Å²) >= 11 is 5.66. The third-order valence-corrected chi connectivity index (χ3v) is 3.06. The fourth-order valence-corrected chi connectivity index (χ4v) is 1.83. The number of halogens is 2. The van der Waals surface area contributed by atoms with Crippen molar-refractivity contribution < 1.29 is 9.50 Å². The predicted molar refractivity (Wildman–Crippen MR) is 63.4 cm³/mol. The molecule has 1 aromatic carbocycles. The van der Waals surface area contributed by atoms with Gasteiger partial charge >= 0.3 is 0 Å². The van der Waals surface area contributed by atoms with E-state index in [2.05, 4.69) is 5.10 Å². The second-order valence-electron chi connectivity index (χ2n) is 3.88. The van der Waals surface area contributed by atoms with E-state index in [-0.39, 0.29) is 5.56 Å². The van der Waals surface area contributed by atoms with E-state index in [0.717, 1.165) is 5.69 Å². The number of rotatable bonds is 2. The highest BCUT2D eigenvalue weighted by molar-refractivity contribution is 6.30. The average molecular weight is 255 g/mol. The minimum absolute atomic E-state index is 0.200. The molecular weight excluding hydrogens is 243 g/mol. The summed E-state index contributed by atoms with van der Waals surface area (Å²) in [6.45, 7) is 1.82. The van der Waals surface area contributed by atoms with Crippen LogP contribution in [0.5, 0.6) is 0 Å². The van der Waals surface area contributed by atoms with Crippen LogP contribution in [-0.4, -0.2) is 14.9 Å². The first-order valence-corrected chi connectivity index (χ1v) is 5.50. The van der Waals surface area contributed by atoms with Crippen molar-refractivity contribution in [2.45, 2.75) is 13.0 Å². The van der Waals surface area contributed by atoms with Crippen molar-refractivity contribution in [1.82, 2.24) is 9.78 Å². The van der Waals surface area contributed by atoms with Crippen LogP contribution in [0.2, 0.25) is 5.02 Å². The fraction of sp³-hybridized carbons (Fsp3) is 0.250. The maximum Gasteiger partial charge on any atom is 0.130 e. The molecule has 1 heterocycles. The molecular formula is C12H12ClFN2O. The lowest BCUT2D eigenvalue weighted by atomic mass is 10.0. The summed E-state index contributed by atoms with van der Waals surface area (Å²) in [7, 11) is 1.77. The summed E-state index contributed by atoms with van der Waals surface area (Å²) in [4.78, 5) is 0. The maximum absolute atomic E-state index is 13.7. The smallest absolute Gasteiger partial charge is 0.130 e. The van der Waals surface area contributed by atoms with Gasteiger partial charge in [0.05, 0.1) is 6.20 Å². The van der Waals surface area contributed by atoms with E-state index in [1.165, 1.54) is 18.3 Å². The minimum atomic E-state index is -1.03. The van der Waals surface area contributed by atoms with E-state index in [4.69, 9.17) is 11.6 Å². The van der Waals surface area contributed by atoms with Crippen LogP contribution in [-0.2, 0) is 7.05 Å². The Bertz CT molecular complexity index is 553. The zero-order valence-corrected chi connectivity index (χ0v) is 10.2. The molecule has 0 fully saturated rings. The highest BCUT2D eigenvalue weighted by Gasteiger charge is 2.19. The van der Waals surface area contributed by atoms with Gasteiger partial charge in [0, 0.05) is 28.9 Å². The van der Waals surface area contributed by atoms with Gasteiger partial charge in [0.2, 0.25) is 0 Å². The molecule has 5 heteroatoms. The Kier molecular flexibility index (Phi) is 3.17. The molecule has 0 saturated heterocycles. The minimum Gasteiger partial charge on any atom is -0.383 e. The Morgan fingerprint density at radius 3 is 2.65 bits per heavy atom. The lowest BCUT2D eigenvalue weighted by molar-refractivity contribution is 0.214. The standard InChI is InChI=1S/C12H12ClFN2O/c1-7-10(6-15-16(7)2)12(17)9-4-3-8(13)5-11(9)14/h3-6,12,17H,1-2H3. The third kappa shape index (κ3) is 2.18. The van der Waals surface area contributed by atoms with Gasteiger partial charge in [-0.05, 0) is 19.1 Å². The number of aliphatic hydroxyl groups is 1. The highest BCUT2D eigenvalue weighted by atomic mass is 35.5. The largest absolute Gasteiger partial charge is 0.383 e. The zero-order valence-electron chi connectivity index (χ0n) is 9.48. The monoisotopic (exact) mass is 254 g/mol. The third-order valence-electron chi connectivity index (χ3n) is 2.82. The van der Waals surface area contributed by atoms with Gasteiger partial charge < -0.3 is 5.11 Å². The van der Waals surface area contributed by atoms with Gasteiger partial charge in [0.1, 0.15) is 11.9 Å². The van der Waals surface area contributed by atoms with Crippen LogP contribution in [0, 0.1) is 12.7 Å². The first-order chi connectivity index (χ1) is 8.00. The van der Waals surface area contributed by atoms with Crippen LogP contribution >= 0.6 is 11.6 Å². The van der Waals surface area contributed by atoms with Gasteiger partial charge in [-0.1, -0.05) is 17.7 Å². The molecule has 1 N–H and O–H groups in total.